The highest BCUT2D eigenvalue weighted by molar-refractivity contribution is 5.87. The predicted octanol–water partition coefficient (Wildman–Crippen LogP) is 4.61. The molecule has 1 aliphatic rings. The van der Waals surface area contributed by atoms with Crippen molar-refractivity contribution in [3.8, 4) is 34.5 Å². The van der Waals surface area contributed by atoms with Gasteiger partial charge in [-0.2, -0.15) is 0 Å². The maximum atomic E-state index is 12.4. The molecule has 256 valence electrons. The van der Waals surface area contributed by atoms with Gasteiger partial charge < -0.3 is 47.4 Å². The maximum absolute atomic E-state index is 12.4. The standard InChI is InChI=1S/C36H40O12/c37-35-15-7-8-16-36(38)48-34-14-6-4-12-32(34)46-28-24-42-20-18-40-22-26-44-30-10-2-1-9-29(30)43-25-21-39-17-19-41-23-27-45-31-11-3-5-13-33(31)47-35/h1-16H,17-28H2. The van der Waals surface area contributed by atoms with Gasteiger partial charge in [-0.05, 0) is 36.4 Å². The predicted molar refractivity (Wildman–Crippen MR) is 174 cm³/mol. The Morgan fingerprint density at radius 1 is 0.333 bits per heavy atom. The van der Waals surface area contributed by atoms with Gasteiger partial charge in [0.1, 0.15) is 26.4 Å². The summed E-state index contributed by atoms with van der Waals surface area (Å²) in [4.78, 5) is 24.7. The number of esters is 2. The molecule has 0 fully saturated rings. The average molecular weight is 665 g/mol. The van der Waals surface area contributed by atoms with Crippen LogP contribution in [0.25, 0.3) is 0 Å². The van der Waals surface area contributed by atoms with E-state index in [0.717, 1.165) is 0 Å². The van der Waals surface area contributed by atoms with Gasteiger partial charge >= 0.3 is 11.9 Å². The zero-order valence-corrected chi connectivity index (χ0v) is 26.6. The number of hydrogen-bond acceptors (Lipinski definition) is 12. The van der Waals surface area contributed by atoms with E-state index in [0.29, 0.717) is 89.1 Å². The number of benzene rings is 3. The fraction of sp³-hybridized carbons (Fsp3) is 0.333. The number of hydrogen-bond donors (Lipinski definition) is 0. The van der Waals surface area contributed by atoms with Crippen LogP contribution in [0.4, 0.5) is 0 Å². The van der Waals surface area contributed by atoms with Crippen LogP contribution in [0.5, 0.6) is 34.5 Å². The Kier molecular flexibility index (Phi) is 16.4. The lowest BCUT2D eigenvalue weighted by molar-refractivity contribution is -0.130. The lowest BCUT2D eigenvalue weighted by atomic mass is 10.3. The summed E-state index contributed by atoms with van der Waals surface area (Å²) < 4.78 is 56.3. The molecule has 1 heterocycles. The molecule has 0 saturated heterocycles. The van der Waals surface area contributed by atoms with Gasteiger partial charge in [0, 0.05) is 12.2 Å². The van der Waals surface area contributed by atoms with Crippen LogP contribution in [0.1, 0.15) is 0 Å². The SMILES string of the molecule is O=C1C=CC=CC(=O)Oc2ccccc2OCCOCCOCCOc2ccccc2OCCOCCOCCOc2ccccc2O1. The van der Waals surface area contributed by atoms with Crippen molar-refractivity contribution in [1.29, 1.82) is 0 Å². The molecule has 0 bridgehead atoms. The molecule has 0 saturated carbocycles. The second-order valence-corrected chi connectivity index (χ2v) is 9.74. The minimum absolute atomic E-state index is 0.238. The lowest BCUT2D eigenvalue weighted by Gasteiger charge is -2.13. The molecule has 4 rings (SSSR count). The second-order valence-electron chi connectivity index (χ2n) is 9.74. The van der Waals surface area contributed by atoms with Crippen molar-refractivity contribution in [2.45, 2.75) is 0 Å². The molecule has 48 heavy (non-hydrogen) atoms. The fourth-order valence-corrected chi connectivity index (χ4v) is 4.04. The van der Waals surface area contributed by atoms with Crippen LogP contribution >= 0.6 is 0 Å². The van der Waals surface area contributed by atoms with E-state index in [1.54, 1.807) is 48.5 Å². The molecule has 3 aromatic carbocycles. The Hall–Kier alpha value is -4.88. The van der Waals surface area contributed by atoms with Gasteiger partial charge in [-0.1, -0.05) is 48.6 Å². The van der Waals surface area contributed by atoms with Crippen LogP contribution < -0.4 is 28.4 Å². The van der Waals surface area contributed by atoms with Gasteiger partial charge in [0.05, 0.1) is 52.9 Å². The third-order valence-electron chi connectivity index (χ3n) is 6.23. The number of carbonyl (C=O) groups excluding carboxylic acids is 2. The highest BCUT2D eigenvalue weighted by Gasteiger charge is 2.10. The topological polar surface area (TPSA) is 126 Å². The molecule has 0 unspecified atom stereocenters. The first kappa shape index (κ1) is 36.0. The number of ether oxygens (including phenoxy) is 10. The van der Waals surface area contributed by atoms with E-state index in [4.69, 9.17) is 47.4 Å². The molecule has 0 spiro atoms. The highest BCUT2D eigenvalue weighted by Crippen LogP contribution is 2.28. The van der Waals surface area contributed by atoms with Crippen molar-refractivity contribution in [2.24, 2.45) is 0 Å². The van der Waals surface area contributed by atoms with Gasteiger partial charge in [0.25, 0.3) is 0 Å². The number of carbonyl (C=O) groups is 2. The Balaban J connectivity index is 1.30. The number of rotatable bonds is 0. The maximum Gasteiger partial charge on any atom is 0.336 e. The monoisotopic (exact) mass is 664 g/mol. The summed E-state index contributed by atoms with van der Waals surface area (Å²) in [5.41, 5.74) is 0. The molecule has 12 nitrogen and oxygen atoms in total. The van der Waals surface area contributed by atoms with Crippen LogP contribution in [-0.2, 0) is 28.5 Å². The summed E-state index contributed by atoms with van der Waals surface area (Å²) >= 11 is 0. The van der Waals surface area contributed by atoms with E-state index in [2.05, 4.69) is 0 Å². The van der Waals surface area contributed by atoms with Gasteiger partial charge in [0.15, 0.2) is 34.5 Å². The molecule has 0 N–H and O–H groups in total. The molecule has 0 atom stereocenters. The molecule has 12 heteroatoms. The van der Waals surface area contributed by atoms with E-state index < -0.39 is 11.9 Å². The van der Waals surface area contributed by atoms with Crippen molar-refractivity contribution in [3.63, 3.8) is 0 Å². The first-order chi connectivity index (χ1) is 23.7. The molecule has 0 aliphatic carbocycles. The summed E-state index contributed by atoms with van der Waals surface area (Å²) in [5, 5.41) is 0. The van der Waals surface area contributed by atoms with Crippen LogP contribution in [-0.4, -0.2) is 91.2 Å². The minimum Gasteiger partial charge on any atom is -0.487 e. The molecule has 3 aromatic rings. The lowest BCUT2D eigenvalue weighted by Crippen LogP contribution is -2.15. The second kappa shape index (κ2) is 21.8. The fourth-order valence-electron chi connectivity index (χ4n) is 4.04. The van der Waals surface area contributed by atoms with Crippen molar-refractivity contribution in [2.75, 3.05) is 79.3 Å². The average Bonchev–Trinajstić information content (AvgIpc) is 3.10. The number of fused-ring (bicyclic) bond motifs is 3. The molecule has 0 aromatic heterocycles. The van der Waals surface area contributed by atoms with E-state index in [9.17, 15) is 9.59 Å². The Morgan fingerprint density at radius 3 is 0.896 bits per heavy atom. The van der Waals surface area contributed by atoms with Crippen molar-refractivity contribution in [1.82, 2.24) is 0 Å². The van der Waals surface area contributed by atoms with Gasteiger partial charge in [-0.25, -0.2) is 9.59 Å². The van der Waals surface area contributed by atoms with Crippen LogP contribution in [0.3, 0.4) is 0 Å². The third kappa shape index (κ3) is 13.9. The van der Waals surface area contributed by atoms with Crippen molar-refractivity contribution >= 4 is 11.9 Å². The Labute approximate surface area is 279 Å². The quantitative estimate of drug-likeness (QED) is 0.246. The molecular formula is C36H40O12. The zero-order chi connectivity index (χ0) is 33.5. The number of allylic oxidation sites excluding steroid dienone is 2. The van der Waals surface area contributed by atoms with E-state index in [1.165, 1.54) is 24.3 Å². The summed E-state index contributed by atoms with van der Waals surface area (Å²) in [6.07, 6.45) is 5.10. The van der Waals surface area contributed by atoms with Gasteiger partial charge in [-0.3, -0.25) is 0 Å². The van der Waals surface area contributed by atoms with Crippen LogP contribution in [0.15, 0.2) is 97.1 Å². The summed E-state index contributed by atoms with van der Waals surface area (Å²) in [5.74, 6) is 1.20. The molecular weight excluding hydrogens is 624 g/mol. The summed E-state index contributed by atoms with van der Waals surface area (Å²) in [7, 11) is 0. The van der Waals surface area contributed by atoms with Crippen molar-refractivity contribution < 1.29 is 57.0 Å². The number of para-hydroxylation sites is 6. The van der Waals surface area contributed by atoms with E-state index in [1.807, 2.05) is 24.3 Å². The Bertz CT molecular complexity index is 1350. The molecule has 0 amide bonds. The van der Waals surface area contributed by atoms with E-state index in [-0.39, 0.29) is 24.7 Å². The third-order valence-corrected chi connectivity index (χ3v) is 6.23. The van der Waals surface area contributed by atoms with E-state index >= 15 is 0 Å². The smallest absolute Gasteiger partial charge is 0.336 e. The van der Waals surface area contributed by atoms with Gasteiger partial charge in [-0.15, -0.1) is 0 Å². The normalized spacial score (nSPS) is 17.2. The molecule has 1 aliphatic heterocycles. The van der Waals surface area contributed by atoms with Crippen LogP contribution in [0, 0.1) is 0 Å². The van der Waals surface area contributed by atoms with Gasteiger partial charge in [0.2, 0.25) is 0 Å². The molecule has 0 radical (unpaired) electrons. The highest BCUT2D eigenvalue weighted by atomic mass is 16.6. The van der Waals surface area contributed by atoms with Crippen LogP contribution in [0.2, 0.25) is 0 Å². The first-order valence-electron chi connectivity index (χ1n) is 15.6. The first-order valence-corrected chi connectivity index (χ1v) is 15.6. The Morgan fingerprint density at radius 2 is 0.583 bits per heavy atom. The van der Waals surface area contributed by atoms with Crippen molar-refractivity contribution in [3.05, 3.63) is 97.1 Å². The summed E-state index contributed by atoms with van der Waals surface area (Å²) in [6, 6.07) is 21.0. The summed E-state index contributed by atoms with van der Waals surface area (Å²) in [6.45, 7) is 4.05. The zero-order valence-electron chi connectivity index (χ0n) is 26.6. The minimum atomic E-state index is -0.651. The largest absolute Gasteiger partial charge is 0.487 e.